The van der Waals surface area contributed by atoms with E-state index in [1.54, 1.807) is 6.92 Å². The Kier molecular flexibility index (Phi) is 5.03. The third-order valence-electron chi connectivity index (χ3n) is 2.77. The Morgan fingerprint density at radius 3 is 2.67 bits per heavy atom. The van der Waals surface area contributed by atoms with E-state index in [2.05, 4.69) is 20.9 Å². The van der Waals surface area contributed by atoms with E-state index in [4.69, 9.17) is 0 Å². The van der Waals surface area contributed by atoms with Crippen molar-refractivity contribution in [3.05, 3.63) is 42.1 Å². The molecule has 2 N–H and O–H groups in total. The minimum Gasteiger partial charge on any atom is -0.350 e. The first-order valence-electron chi connectivity index (χ1n) is 6.68. The van der Waals surface area contributed by atoms with Crippen molar-refractivity contribution in [2.75, 3.05) is 5.32 Å². The maximum atomic E-state index is 11.8. The highest BCUT2D eigenvalue weighted by Crippen LogP contribution is 2.01. The maximum Gasteiger partial charge on any atom is 0.242 e. The van der Waals surface area contributed by atoms with E-state index in [0.29, 0.717) is 18.8 Å². The number of amides is 2. The van der Waals surface area contributed by atoms with Gasteiger partial charge in [-0.15, -0.1) is 5.10 Å². The zero-order chi connectivity index (χ0) is 15.1. The van der Waals surface area contributed by atoms with Crippen LogP contribution >= 0.6 is 0 Å². The van der Waals surface area contributed by atoms with E-state index in [1.807, 2.05) is 30.3 Å². The van der Waals surface area contributed by atoms with Crippen LogP contribution in [0.2, 0.25) is 0 Å². The van der Waals surface area contributed by atoms with Gasteiger partial charge in [-0.1, -0.05) is 42.5 Å². The van der Waals surface area contributed by atoms with E-state index >= 15 is 0 Å². The van der Waals surface area contributed by atoms with Gasteiger partial charge in [0.1, 0.15) is 6.54 Å². The van der Waals surface area contributed by atoms with Gasteiger partial charge in [-0.2, -0.15) is 0 Å². The minimum absolute atomic E-state index is 0.0574. The molecule has 0 atom stereocenters. The summed E-state index contributed by atoms with van der Waals surface area (Å²) in [7, 11) is 0. The lowest BCUT2D eigenvalue weighted by molar-refractivity contribution is -0.122. The summed E-state index contributed by atoms with van der Waals surface area (Å²) in [6, 6.07) is 9.64. The van der Waals surface area contributed by atoms with Crippen LogP contribution in [0.25, 0.3) is 0 Å². The standard InChI is InChI=1S/C14H17N5O2/c1-2-13(20)16-12-9-19(18-17-12)10-14(21)15-8-11-6-4-3-5-7-11/h3-7,9H,2,8,10H2,1H3,(H,15,21)(H,16,20). The fourth-order valence-corrected chi connectivity index (χ4v) is 1.66. The Bertz CT molecular complexity index is 609. The molecule has 7 heteroatoms. The molecule has 110 valence electrons. The predicted octanol–water partition coefficient (Wildman–Crippen LogP) is 0.943. The molecule has 2 aromatic rings. The zero-order valence-corrected chi connectivity index (χ0v) is 11.7. The summed E-state index contributed by atoms with van der Waals surface area (Å²) in [5.74, 6) is 0.0328. The first-order chi connectivity index (χ1) is 10.2. The molecule has 0 saturated heterocycles. The molecular formula is C14H17N5O2. The second-order valence-corrected chi connectivity index (χ2v) is 4.47. The van der Waals surface area contributed by atoms with Crippen molar-refractivity contribution in [3.8, 4) is 0 Å². The normalized spacial score (nSPS) is 10.1. The van der Waals surface area contributed by atoms with Crippen LogP contribution in [0, 0.1) is 0 Å². The largest absolute Gasteiger partial charge is 0.350 e. The lowest BCUT2D eigenvalue weighted by Crippen LogP contribution is -2.27. The molecule has 0 aliphatic heterocycles. The van der Waals surface area contributed by atoms with Gasteiger partial charge in [-0.05, 0) is 5.56 Å². The van der Waals surface area contributed by atoms with Gasteiger partial charge in [0.15, 0.2) is 5.82 Å². The number of rotatable bonds is 6. The molecule has 2 rings (SSSR count). The SMILES string of the molecule is CCC(=O)Nc1cn(CC(=O)NCc2ccccc2)nn1. The van der Waals surface area contributed by atoms with Gasteiger partial charge >= 0.3 is 0 Å². The fraction of sp³-hybridized carbons (Fsp3) is 0.286. The van der Waals surface area contributed by atoms with Gasteiger partial charge in [-0.25, -0.2) is 4.68 Å². The van der Waals surface area contributed by atoms with E-state index in [1.165, 1.54) is 10.9 Å². The molecule has 1 aromatic carbocycles. The molecule has 1 heterocycles. The Morgan fingerprint density at radius 1 is 1.19 bits per heavy atom. The smallest absolute Gasteiger partial charge is 0.242 e. The fourth-order valence-electron chi connectivity index (χ4n) is 1.66. The van der Waals surface area contributed by atoms with Crippen LogP contribution in [0.1, 0.15) is 18.9 Å². The average Bonchev–Trinajstić information content (AvgIpc) is 2.93. The van der Waals surface area contributed by atoms with E-state index in [-0.39, 0.29) is 18.4 Å². The molecule has 0 unspecified atom stereocenters. The Morgan fingerprint density at radius 2 is 1.95 bits per heavy atom. The molecule has 7 nitrogen and oxygen atoms in total. The van der Waals surface area contributed by atoms with Crippen LogP contribution < -0.4 is 10.6 Å². The Hall–Kier alpha value is -2.70. The lowest BCUT2D eigenvalue weighted by atomic mass is 10.2. The summed E-state index contributed by atoms with van der Waals surface area (Å²) in [6.07, 6.45) is 1.89. The second kappa shape index (κ2) is 7.18. The number of carbonyl (C=O) groups excluding carboxylic acids is 2. The molecule has 0 spiro atoms. The molecule has 0 saturated carbocycles. The topological polar surface area (TPSA) is 88.9 Å². The number of aromatic nitrogens is 3. The molecule has 0 radical (unpaired) electrons. The maximum absolute atomic E-state index is 11.8. The molecule has 1 aromatic heterocycles. The van der Waals surface area contributed by atoms with E-state index < -0.39 is 0 Å². The zero-order valence-electron chi connectivity index (χ0n) is 11.7. The van der Waals surface area contributed by atoms with Crippen LogP contribution in [0.15, 0.2) is 36.5 Å². The second-order valence-electron chi connectivity index (χ2n) is 4.47. The van der Waals surface area contributed by atoms with Crippen molar-refractivity contribution < 1.29 is 9.59 Å². The third-order valence-corrected chi connectivity index (χ3v) is 2.77. The minimum atomic E-state index is -0.169. The Labute approximate surface area is 122 Å². The number of hydrogen-bond acceptors (Lipinski definition) is 4. The van der Waals surface area contributed by atoms with Gasteiger partial charge in [0, 0.05) is 13.0 Å². The van der Waals surface area contributed by atoms with Crippen molar-refractivity contribution >= 4 is 17.6 Å². The highest BCUT2D eigenvalue weighted by Gasteiger charge is 2.07. The summed E-state index contributed by atoms with van der Waals surface area (Å²) in [6.45, 7) is 2.27. The molecule has 21 heavy (non-hydrogen) atoms. The number of nitrogens with one attached hydrogen (secondary N) is 2. The van der Waals surface area contributed by atoms with Crippen molar-refractivity contribution in [1.29, 1.82) is 0 Å². The summed E-state index contributed by atoms with van der Waals surface area (Å²) in [5.41, 5.74) is 1.03. The van der Waals surface area contributed by atoms with Crippen LogP contribution in [0.4, 0.5) is 5.82 Å². The number of hydrogen-bond donors (Lipinski definition) is 2. The van der Waals surface area contributed by atoms with Crippen molar-refractivity contribution in [1.82, 2.24) is 20.3 Å². The number of carbonyl (C=O) groups is 2. The van der Waals surface area contributed by atoms with Crippen molar-refractivity contribution in [2.45, 2.75) is 26.4 Å². The first-order valence-corrected chi connectivity index (χ1v) is 6.68. The van der Waals surface area contributed by atoms with Crippen LogP contribution in [-0.2, 0) is 22.7 Å². The van der Waals surface area contributed by atoms with E-state index in [0.717, 1.165) is 5.56 Å². The number of nitrogens with zero attached hydrogens (tertiary/aromatic N) is 3. The summed E-state index contributed by atoms with van der Waals surface area (Å²) in [5, 5.41) is 12.9. The van der Waals surface area contributed by atoms with Gasteiger partial charge < -0.3 is 10.6 Å². The summed E-state index contributed by atoms with van der Waals surface area (Å²) in [4.78, 5) is 23.0. The van der Waals surface area contributed by atoms with Gasteiger partial charge in [0.05, 0.1) is 6.20 Å². The van der Waals surface area contributed by atoms with Gasteiger partial charge in [0.25, 0.3) is 0 Å². The van der Waals surface area contributed by atoms with Crippen LogP contribution in [-0.4, -0.2) is 26.8 Å². The molecule has 0 fully saturated rings. The Balaban J connectivity index is 1.81. The average molecular weight is 287 g/mol. The summed E-state index contributed by atoms with van der Waals surface area (Å²) < 4.78 is 1.38. The predicted molar refractivity (Wildman–Crippen MR) is 77.2 cm³/mol. The quantitative estimate of drug-likeness (QED) is 0.827. The number of anilines is 1. The van der Waals surface area contributed by atoms with Crippen LogP contribution in [0.5, 0.6) is 0 Å². The molecule has 0 bridgehead atoms. The monoisotopic (exact) mass is 287 g/mol. The van der Waals surface area contributed by atoms with Gasteiger partial charge in [0.2, 0.25) is 11.8 Å². The first kappa shape index (κ1) is 14.7. The molecular weight excluding hydrogens is 270 g/mol. The highest BCUT2D eigenvalue weighted by atomic mass is 16.2. The number of benzene rings is 1. The highest BCUT2D eigenvalue weighted by molar-refractivity contribution is 5.89. The lowest BCUT2D eigenvalue weighted by Gasteiger charge is -2.04. The van der Waals surface area contributed by atoms with Crippen molar-refractivity contribution in [2.24, 2.45) is 0 Å². The van der Waals surface area contributed by atoms with E-state index in [9.17, 15) is 9.59 Å². The van der Waals surface area contributed by atoms with Crippen LogP contribution in [0.3, 0.4) is 0 Å². The van der Waals surface area contributed by atoms with Gasteiger partial charge in [-0.3, -0.25) is 9.59 Å². The van der Waals surface area contributed by atoms with Crippen molar-refractivity contribution in [3.63, 3.8) is 0 Å². The summed E-state index contributed by atoms with van der Waals surface area (Å²) >= 11 is 0. The molecule has 0 aliphatic carbocycles. The third kappa shape index (κ3) is 4.72. The molecule has 0 aliphatic rings. The molecule has 2 amide bonds.